The first-order chi connectivity index (χ1) is 9.10. The minimum absolute atomic E-state index is 0.0565. The number of hydrogen-bond donors (Lipinski definition) is 1. The molecule has 0 fully saturated rings. The highest BCUT2D eigenvalue weighted by Crippen LogP contribution is 2.23. The molecule has 0 aliphatic rings. The Kier molecular flexibility index (Phi) is 4.97. The standard InChI is InChI=1S/C15H14BrClFN/c1-19-15(8-10-3-2-4-12(16)7-10)11-5-6-13(17)14(18)9-11/h2-7,9,15,19H,8H2,1H3. The molecule has 1 unspecified atom stereocenters. The summed E-state index contributed by atoms with van der Waals surface area (Å²) in [6, 6.07) is 13.1. The van der Waals surface area contributed by atoms with Crippen molar-refractivity contribution in [1.29, 1.82) is 0 Å². The Morgan fingerprint density at radius 2 is 2.05 bits per heavy atom. The third-order valence-electron chi connectivity index (χ3n) is 3.02. The molecule has 0 saturated heterocycles. The van der Waals surface area contributed by atoms with Crippen LogP contribution < -0.4 is 5.32 Å². The van der Waals surface area contributed by atoms with E-state index in [2.05, 4.69) is 33.4 Å². The molecule has 0 saturated carbocycles. The molecule has 100 valence electrons. The van der Waals surface area contributed by atoms with E-state index in [1.807, 2.05) is 25.2 Å². The average Bonchev–Trinajstić information content (AvgIpc) is 2.39. The first kappa shape index (κ1) is 14.5. The van der Waals surface area contributed by atoms with Crippen molar-refractivity contribution in [3.05, 3.63) is 68.9 Å². The van der Waals surface area contributed by atoms with Crippen LogP contribution >= 0.6 is 27.5 Å². The Morgan fingerprint density at radius 3 is 2.68 bits per heavy atom. The van der Waals surface area contributed by atoms with Crippen molar-refractivity contribution < 1.29 is 4.39 Å². The number of hydrogen-bond acceptors (Lipinski definition) is 1. The quantitative estimate of drug-likeness (QED) is 0.846. The van der Waals surface area contributed by atoms with E-state index in [0.717, 1.165) is 16.5 Å². The monoisotopic (exact) mass is 341 g/mol. The summed E-state index contributed by atoms with van der Waals surface area (Å²) in [5.41, 5.74) is 2.08. The first-order valence-corrected chi connectivity index (χ1v) is 7.14. The summed E-state index contributed by atoms with van der Waals surface area (Å²) in [4.78, 5) is 0. The maximum absolute atomic E-state index is 13.5. The molecule has 1 nitrogen and oxygen atoms in total. The van der Waals surface area contributed by atoms with Crippen molar-refractivity contribution in [2.24, 2.45) is 0 Å². The zero-order valence-electron chi connectivity index (χ0n) is 10.5. The largest absolute Gasteiger partial charge is 0.313 e. The molecule has 19 heavy (non-hydrogen) atoms. The Labute approximate surface area is 125 Å². The van der Waals surface area contributed by atoms with E-state index < -0.39 is 0 Å². The van der Waals surface area contributed by atoms with Gasteiger partial charge in [0.1, 0.15) is 5.82 Å². The molecule has 1 N–H and O–H groups in total. The van der Waals surface area contributed by atoms with Gasteiger partial charge in [-0.05, 0) is 48.9 Å². The fourth-order valence-electron chi connectivity index (χ4n) is 2.02. The zero-order valence-corrected chi connectivity index (χ0v) is 12.8. The van der Waals surface area contributed by atoms with Crippen molar-refractivity contribution in [2.75, 3.05) is 7.05 Å². The van der Waals surface area contributed by atoms with E-state index in [1.54, 1.807) is 6.07 Å². The maximum atomic E-state index is 13.5. The molecule has 0 aliphatic carbocycles. The van der Waals surface area contributed by atoms with Gasteiger partial charge < -0.3 is 5.32 Å². The number of halogens is 3. The minimum Gasteiger partial charge on any atom is -0.313 e. The van der Waals surface area contributed by atoms with Gasteiger partial charge in [0.15, 0.2) is 0 Å². The normalized spacial score (nSPS) is 12.4. The van der Waals surface area contributed by atoms with Crippen LogP contribution in [0.5, 0.6) is 0 Å². The maximum Gasteiger partial charge on any atom is 0.142 e. The molecule has 1 atom stereocenters. The molecular formula is C15H14BrClFN. The third-order valence-corrected chi connectivity index (χ3v) is 3.82. The second-order valence-corrected chi connectivity index (χ2v) is 5.67. The molecule has 2 aromatic rings. The van der Waals surface area contributed by atoms with E-state index in [1.165, 1.54) is 11.6 Å². The third kappa shape index (κ3) is 3.78. The summed E-state index contributed by atoms with van der Waals surface area (Å²) < 4.78 is 14.6. The predicted molar refractivity (Wildman–Crippen MR) is 81.1 cm³/mol. The lowest BCUT2D eigenvalue weighted by Gasteiger charge is -2.17. The van der Waals surface area contributed by atoms with Gasteiger partial charge in [-0.15, -0.1) is 0 Å². The summed E-state index contributed by atoms with van der Waals surface area (Å²) >= 11 is 9.16. The lowest BCUT2D eigenvalue weighted by Crippen LogP contribution is -2.19. The molecular weight excluding hydrogens is 329 g/mol. The smallest absolute Gasteiger partial charge is 0.142 e. The molecule has 0 bridgehead atoms. The van der Waals surface area contributed by atoms with Gasteiger partial charge in [-0.3, -0.25) is 0 Å². The number of nitrogens with one attached hydrogen (secondary N) is 1. The van der Waals surface area contributed by atoms with E-state index in [9.17, 15) is 4.39 Å². The van der Waals surface area contributed by atoms with Crippen LogP contribution in [0.4, 0.5) is 4.39 Å². The SMILES string of the molecule is CNC(Cc1cccc(Br)c1)c1ccc(Cl)c(F)c1. The predicted octanol–water partition coefficient (Wildman–Crippen LogP) is 4.74. The lowest BCUT2D eigenvalue weighted by molar-refractivity contribution is 0.577. The van der Waals surface area contributed by atoms with Crippen LogP contribution in [0.1, 0.15) is 17.2 Å². The van der Waals surface area contributed by atoms with Crippen molar-refractivity contribution in [3.63, 3.8) is 0 Å². The van der Waals surface area contributed by atoms with Gasteiger partial charge in [0.25, 0.3) is 0 Å². The molecule has 0 amide bonds. The lowest BCUT2D eigenvalue weighted by atomic mass is 9.99. The second-order valence-electron chi connectivity index (χ2n) is 4.35. The molecule has 0 heterocycles. The summed E-state index contributed by atoms with van der Waals surface area (Å²) in [5, 5.41) is 3.36. The van der Waals surface area contributed by atoms with Gasteiger partial charge >= 0.3 is 0 Å². The first-order valence-electron chi connectivity index (χ1n) is 5.97. The minimum atomic E-state index is -0.381. The summed E-state index contributed by atoms with van der Waals surface area (Å²) in [6.45, 7) is 0. The summed E-state index contributed by atoms with van der Waals surface area (Å²) in [7, 11) is 1.87. The van der Waals surface area contributed by atoms with Crippen LogP contribution in [0, 0.1) is 5.82 Å². The van der Waals surface area contributed by atoms with Crippen molar-refractivity contribution in [2.45, 2.75) is 12.5 Å². The van der Waals surface area contributed by atoms with E-state index in [0.29, 0.717) is 0 Å². The van der Waals surface area contributed by atoms with E-state index in [-0.39, 0.29) is 16.9 Å². The van der Waals surface area contributed by atoms with Crippen molar-refractivity contribution >= 4 is 27.5 Å². The van der Waals surface area contributed by atoms with Gasteiger partial charge in [-0.1, -0.05) is 45.7 Å². The van der Waals surface area contributed by atoms with Gasteiger partial charge in [-0.25, -0.2) is 4.39 Å². The van der Waals surface area contributed by atoms with Crippen LogP contribution in [0.2, 0.25) is 5.02 Å². The second kappa shape index (κ2) is 6.51. The molecule has 0 spiro atoms. The molecule has 0 aliphatic heterocycles. The van der Waals surface area contributed by atoms with Gasteiger partial charge in [0.05, 0.1) is 5.02 Å². The molecule has 2 aromatic carbocycles. The molecule has 4 heteroatoms. The van der Waals surface area contributed by atoms with Crippen LogP contribution in [0.15, 0.2) is 46.9 Å². The van der Waals surface area contributed by atoms with Crippen molar-refractivity contribution in [1.82, 2.24) is 5.32 Å². The number of rotatable bonds is 4. The van der Waals surface area contributed by atoms with Gasteiger partial charge in [0, 0.05) is 10.5 Å². The van der Waals surface area contributed by atoms with Crippen LogP contribution in [0.25, 0.3) is 0 Å². The van der Waals surface area contributed by atoms with E-state index in [4.69, 9.17) is 11.6 Å². The van der Waals surface area contributed by atoms with Crippen LogP contribution in [-0.4, -0.2) is 7.05 Å². The Bertz CT molecular complexity index is 574. The van der Waals surface area contributed by atoms with Gasteiger partial charge in [0.2, 0.25) is 0 Å². The fourth-order valence-corrected chi connectivity index (χ4v) is 2.58. The highest BCUT2D eigenvalue weighted by Gasteiger charge is 2.12. The highest BCUT2D eigenvalue weighted by atomic mass is 79.9. The zero-order chi connectivity index (χ0) is 13.8. The average molecular weight is 343 g/mol. The van der Waals surface area contributed by atoms with Gasteiger partial charge in [-0.2, -0.15) is 0 Å². The topological polar surface area (TPSA) is 12.0 Å². The van der Waals surface area contributed by atoms with Crippen molar-refractivity contribution in [3.8, 4) is 0 Å². The molecule has 0 aromatic heterocycles. The Hall–Kier alpha value is -0.900. The number of benzene rings is 2. The highest BCUT2D eigenvalue weighted by molar-refractivity contribution is 9.10. The Balaban J connectivity index is 2.22. The molecule has 0 radical (unpaired) electrons. The van der Waals surface area contributed by atoms with Crippen LogP contribution in [0.3, 0.4) is 0 Å². The number of likely N-dealkylation sites (N-methyl/N-ethyl adjacent to an activating group) is 1. The summed E-state index contributed by atoms with van der Waals surface area (Å²) in [5.74, 6) is -0.381. The molecule has 2 rings (SSSR count). The summed E-state index contributed by atoms with van der Waals surface area (Å²) in [6.07, 6.45) is 0.789. The van der Waals surface area contributed by atoms with Crippen LogP contribution in [-0.2, 0) is 6.42 Å². The Morgan fingerprint density at radius 1 is 1.26 bits per heavy atom. The fraction of sp³-hybridized carbons (Fsp3) is 0.200. The van der Waals surface area contributed by atoms with E-state index >= 15 is 0 Å².